The average Bonchev–Trinajstić information content (AvgIpc) is 3.46. The first-order valence-corrected chi connectivity index (χ1v) is 12.3. The zero-order valence-electron chi connectivity index (χ0n) is 21.2. The molecule has 0 fully saturated rings. The van der Waals surface area contributed by atoms with Crippen LogP contribution in [0.15, 0.2) is 36.4 Å². The van der Waals surface area contributed by atoms with Crippen LogP contribution in [0.5, 0.6) is 11.5 Å². The van der Waals surface area contributed by atoms with Gasteiger partial charge in [-0.05, 0) is 48.4 Å². The minimum absolute atomic E-state index is 0. The number of hydrogen-bond donors (Lipinski definition) is 1. The number of rotatable bonds is 10. The Labute approximate surface area is 215 Å². The van der Waals surface area contributed by atoms with Crippen LogP contribution in [0.4, 0.5) is 5.69 Å². The molecule has 0 saturated heterocycles. The van der Waals surface area contributed by atoms with Crippen molar-refractivity contribution in [2.75, 3.05) is 38.4 Å². The summed E-state index contributed by atoms with van der Waals surface area (Å²) >= 11 is 0. The molecule has 0 unspecified atom stereocenters. The van der Waals surface area contributed by atoms with Gasteiger partial charge >= 0.3 is 0 Å². The molecule has 0 aliphatic carbocycles. The van der Waals surface area contributed by atoms with Crippen molar-refractivity contribution in [2.24, 2.45) is 5.92 Å². The quantitative estimate of drug-likeness (QED) is 0.499. The third kappa shape index (κ3) is 6.49. The van der Waals surface area contributed by atoms with Gasteiger partial charge < -0.3 is 19.7 Å². The molecule has 2 aromatic rings. The molecular weight excluding hydrogens is 456 g/mol. The van der Waals surface area contributed by atoms with E-state index < -0.39 is 0 Å². The van der Waals surface area contributed by atoms with Crippen molar-refractivity contribution >= 4 is 17.5 Å². The lowest BCUT2D eigenvalue weighted by molar-refractivity contribution is -0.145. The number of ether oxygens (including phenoxy) is 2. The summed E-state index contributed by atoms with van der Waals surface area (Å²) in [4.78, 5) is 28.0. The van der Waals surface area contributed by atoms with E-state index in [0.29, 0.717) is 37.1 Å². The average molecular weight is 497 g/mol. The predicted molar refractivity (Wildman–Crippen MR) is 142 cm³/mol. The molecule has 0 radical (unpaired) electrons. The third-order valence-electron chi connectivity index (χ3n) is 6.58. The molecular formula is C28H40N4O4. The molecule has 2 amide bonds. The number of aryl methyl sites for hydroxylation is 1. The van der Waals surface area contributed by atoms with Gasteiger partial charge in [0.15, 0.2) is 11.5 Å². The number of nitrogens with one attached hydrogen (secondary N) is 1. The molecule has 36 heavy (non-hydrogen) atoms. The fraction of sp³-hybridized carbons (Fsp3) is 0.500. The van der Waals surface area contributed by atoms with Gasteiger partial charge in [0.25, 0.3) is 5.91 Å². The maximum absolute atomic E-state index is 13.4. The zero-order chi connectivity index (χ0) is 24.9. The van der Waals surface area contributed by atoms with Crippen molar-refractivity contribution in [3.8, 4) is 11.5 Å². The second kappa shape index (κ2) is 12.1. The number of carbonyl (C=O) groups excluding carboxylic acids is 2. The second-order valence-corrected chi connectivity index (χ2v) is 9.74. The third-order valence-corrected chi connectivity index (χ3v) is 6.58. The number of carbonyl (C=O) groups is 2. The summed E-state index contributed by atoms with van der Waals surface area (Å²) in [5, 5.41) is 6.72. The smallest absolute Gasteiger partial charge is 0.256 e. The summed E-state index contributed by atoms with van der Waals surface area (Å²) in [6.45, 7) is 8.65. The summed E-state index contributed by atoms with van der Waals surface area (Å²) in [5.74, 6) is 1.73. The molecule has 0 aromatic heterocycles. The van der Waals surface area contributed by atoms with E-state index >= 15 is 0 Å². The van der Waals surface area contributed by atoms with Crippen LogP contribution < -0.4 is 19.7 Å². The Hall–Kier alpha value is -3.26. The monoisotopic (exact) mass is 496 g/mol. The van der Waals surface area contributed by atoms with E-state index in [1.807, 2.05) is 41.1 Å². The molecule has 0 atom stereocenters. The molecule has 1 N–H and O–H groups in total. The number of hydrogen-bond acceptors (Lipinski definition) is 6. The van der Waals surface area contributed by atoms with Gasteiger partial charge in [-0.25, -0.2) is 5.01 Å². The largest absolute Gasteiger partial charge is 0.454 e. The Morgan fingerprint density at radius 2 is 1.69 bits per heavy atom. The Morgan fingerprint density at radius 3 is 2.33 bits per heavy atom. The van der Waals surface area contributed by atoms with Crippen LogP contribution in [0.2, 0.25) is 0 Å². The fourth-order valence-corrected chi connectivity index (χ4v) is 4.52. The minimum atomic E-state index is -0.102. The van der Waals surface area contributed by atoms with Gasteiger partial charge in [-0.15, -0.1) is 0 Å². The molecule has 8 nitrogen and oxygen atoms in total. The van der Waals surface area contributed by atoms with Crippen molar-refractivity contribution in [1.82, 2.24) is 15.3 Å². The van der Waals surface area contributed by atoms with Gasteiger partial charge in [-0.1, -0.05) is 45.5 Å². The highest BCUT2D eigenvalue weighted by molar-refractivity contribution is 5.87. The zero-order valence-corrected chi connectivity index (χ0v) is 21.2. The lowest BCUT2D eigenvalue weighted by Gasteiger charge is -2.32. The van der Waals surface area contributed by atoms with Crippen molar-refractivity contribution < 1.29 is 19.1 Å². The minimum Gasteiger partial charge on any atom is -0.454 e. The normalized spacial score (nSPS) is 13.8. The molecule has 196 valence electrons. The molecule has 0 saturated carbocycles. The summed E-state index contributed by atoms with van der Waals surface area (Å²) in [6, 6.07) is 12.0. The molecule has 2 aliphatic rings. The van der Waals surface area contributed by atoms with Crippen LogP contribution in [-0.2, 0) is 22.7 Å². The van der Waals surface area contributed by atoms with E-state index in [1.54, 1.807) is 12.1 Å². The van der Waals surface area contributed by atoms with Gasteiger partial charge in [0.05, 0.1) is 13.1 Å². The van der Waals surface area contributed by atoms with Crippen molar-refractivity contribution in [1.29, 1.82) is 0 Å². The van der Waals surface area contributed by atoms with Crippen molar-refractivity contribution in [2.45, 2.75) is 54.1 Å². The maximum atomic E-state index is 13.4. The first-order chi connectivity index (χ1) is 16.8. The van der Waals surface area contributed by atoms with Crippen LogP contribution in [0.3, 0.4) is 0 Å². The number of nitrogens with zero attached hydrogens (tertiary/aromatic N) is 3. The summed E-state index contributed by atoms with van der Waals surface area (Å²) in [7, 11) is 1.80. The molecule has 2 aromatic carbocycles. The SMILES string of the molecule is C.Cc1cc2c(cc1N(CC(=O)NCCCC(C)C)CC(=O)N(C)N1Cc3ccccc3C1)OCO2. The highest BCUT2D eigenvalue weighted by atomic mass is 16.7. The van der Waals surface area contributed by atoms with Crippen molar-refractivity contribution in [3.63, 3.8) is 0 Å². The van der Waals surface area contributed by atoms with E-state index in [2.05, 4.69) is 31.3 Å². The van der Waals surface area contributed by atoms with Gasteiger partial charge in [0, 0.05) is 38.4 Å². The Kier molecular flexibility index (Phi) is 9.20. The van der Waals surface area contributed by atoms with Crippen LogP contribution in [0, 0.1) is 12.8 Å². The molecule has 4 rings (SSSR count). The lowest BCUT2D eigenvalue weighted by atomic mass is 10.1. The Balaban J connectivity index is 0.00000361. The molecule has 0 spiro atoms. The topological polar surface area (TPSA) is 74.4 Å². The van der Waals surface area contributed by atoms with E-state index in [9.17, 15) is 9.59 Å². The molecule has 2 aliphatic heterocycles. The van der Waals surface area contributed by atoms with Crippen LogP contribution in [0.1, 0.15) is 50.8 Å². The predicted octanol–water partition coefficient (Wildman–Crippen LogP) is 4.11. The number of benzene rings is 2. The molecule has 8 heteroatoms. The number of likely N-dealkylation sites (N-methyl/N-ethyl adjacent to an activating group) is 1. The summed E-state index contributed by atoms with van der Waals surface area (Å²) in [6.07, 6.45) is 2.00. The fourth-order valence-electron chi connectivity index (χ4n) is 4.52. The first-order valence-electron chi connectivity index (χ1n) is 12.3. The maximum Gasteiger partial charge on any atom is 0.256 e. The van der Waals surface area contributed by atoms with Gasteiger partial charge in [-0.2, -0.15) is 0 Å². The first kappa shape index (κ1) is 27.3. The number of amides is 2. The lowest BCUT2D eigenvalue weighted by Crippen LogP contribution is -2.48. The highest BCUT2D eigenvalue weighted by Gasteiger charge is 2.28. The van der Waals surface area contributed by atoms with E-state index in [1.165, 1.54) is 11.1 Å². The highest BCUT2D eigenvalue weighted by Crippen LogP contribution is 2.38. The van der Waals surface area contributed by atoms with Crippen LogP contribution in [-0.4, -0.2) is 55.3 Å². The van der Waals surface area contributed by atoms with E-state index in [-0.39, 0.29) is 39.1 Å². The van der Waals surface area contributed by atoms with Crippen LogP contribution in [0.25, 0.3) is 0 Å². The standard InChI is InChI=1S/C27H36N4O4.CH4/c1-19(2)8-7-11-28-26(32)16-30(23-13-25-24(12-20(23)3)34-18-35-25)17-27(33)29(4)31-14-21-9-5-6-10-22(21)15-31;/h5-6,9-10,12-13,19H,7-8,11,14-18H2,1-4H3,(H,28,32);1H4. The second-order valence-electron chi connectivity index (χ2n) is 9.74. The van der Waals surface area contributed by atoms with Gasteiger partial charge in [-0.3, -0.25) is 14.6 Å². The summed E-state index contributed by atoms with van der Waals surface area (Å²) in [5.41, 5.74) is 4.18. The number of hydrazine groups is 1. The van der Waals surface area contributed by atoms with Gasteiger partial charge in [0.1, 0.15) is 0 Å². The molecule has 0 bridgehead atoms. The Bertz CT molecular complexity index is 1050. The molecule has 2 heterocycles. The van der Waals surface area contributed by atoms with E-state index in [4.69, 9.17) is 9.47 Å². The summed E-state index contributed by atoms with van der Waals surface area (Å²) < 4.78 is 11.1. The van der Waals surface area contributed by atoms with E-state index in [0.717, 1.165) is 24.1 Å². The van der Waals surface area contributed by atoms with Crippen LogP contribution >= 0.6 is 0 Å². The number of fused-ring (bicyclic) bond motifs is 2. The van der Waals surface area contributed by atoms with Gasteiger partial charge in [0.2, 0.25) is 12.7 Å². The van der Waals surface area contributed by atoms with Crippen molar-refractivity contribution in [3.05, 3.63) is 53.1 Å². The number of anilines is 1. The Morgan fingerprint density at radius 1 is 1.06 bits per heavy atom.